The van der Waals surface area contributed by atoms with Crippen LogP contribution in [0.5, 0.6) is 5.75 Å². The third kappa shape index (κ3) is 2.37. The second-order valence-corrected chi connectivity index (χ2v) is 1.48. The van der Waals surface area contributed by atoms with Crippen molar-refractivity contribution in [1.29, 1.82) is 0 Å². The van der Waals surface area contributed by atoms with E-state index in [0.717, 1.165) is 0 Å². The molecule has 1 aromatic carbocycles. The van der Waals surface area contributed by atoms with Gasteiger partial charge in [0.15, 0.2) is 0 Å². The lowest BCUT2D eigenvalue weighted by Gasteiger charge is -1.86. The Hall–Kier alpha value is -0.700. The van der Waals surface area contributed by atoms with E-state index in [-0.39, 0.29) is 25.1 Å². The van der Waals surface area contributed by atoms with Crippen LogP contribution in [0.4, 0.5) is 4.39 Å². The average molecular weight is 146 g/mol. The summed E-state index contributed by atoms with van der Waals surface area (Å²) in [5.74, 6) is -0.241. The lowest BCUT2D eigenvalue weighted by molar-refractivity contribution is 0.473. The monoisotopic (exact) mass is 146 g/mol. The fourth-order valence-corrected chi connectivity index (χ4v) is 0.441. The van der Waals surface area contributed by atoms with Gasteiger partial charge in [-0.3, -0.25) is 0 Å². The third-order valence-electron chi connectivity index (χ3n) is 0.827. The fourth-order valence-electron chi connectivity index (χ4n) is 0.441. The minimum absolute atomic E-state index is 0. The highest BCUT2D eigenvalue weighted by molar-refractivity contribution is 7.59. The lowest BCUT2D eigenvalue weighted by Crippen LogP contribution is -1.67. The van der Waals surface area contributed by atoms with Gasteiger partial charge < -0.3 is 5.11 Å². The molecule has 0 saturated carbocycles. The second-order valence-electron chi connectivity index (χ2n) is 1.48. The highest BCUT2D eigenvalue weighted by Gasteiger charge is 1.85. The zero-order valence-electron chi connectivity index (χ0n) is 4.63. The van der Waals surface area contributed by atoms with Crippen LogP contribution >= 0.6 is 13.5 Å². The predicted molar refractivity (Wildman–Crippen MR) is 38.4 cm³/mol. The molecule has 1 rings (SSSR count). The molecule has 0 heterocycles. The summed E-state index contributed by atoms with van der Waals surface area (Å²) >= 11 is 0. The normalized spacial score (nSPS) is 8.11. The van der Waals surface area contributed by atoms with Crippen LogP contribution in [-0.4, -0.2) is 5.11 Å². The summed E-state index contributed by atoms with van der Waals surface area (Å²) in [5, 5.41) is 8.59. The molecule has 0 aliphatic heterocycles. The highest BCUT2D eigenvalue weighted by Crippen LogP contribution is 2.06. The maximum atomic E-state index is 12.0. The predicted octanol–water partition coefficient (Wildman–Crippen LogP) is 1.64. The summed E-state index contributed by atoms with van der Waals surface area (Å²) < 4.78 is 12.0. The minimum atomic E-state index is -0.331. The molecule has 0 bridgehead atoms. The van der Waals surface area contributed by atoms with Gasteiger partial charge in [-0.15, -0.1) is 0 Å². The molecule has 1 aromatic rings. The number of rotatable bonds is 0. The van der Waals surface area contributed by atoms with E-state index in [2.05, 4.69) is 0 Å². The van der Waals surface area contributed by atoms with Gasteiger partial charge in [-0.25, -0.2) is 4.39 Å². The number of hydrogen-bond acceptors (Lipinski definition) is 1. The largest absolute Gasteiger partial charge is 0.508 e. The van der Waals surface area contributed by atoms with Crippen LogP contribution in [0.2, 0.25) is 0 Å². The van der Waals surface area contributed by atoms with Crippen molar-refractivity contribution in [3.8, 4) is 5.75 Å². The molecule has 0 radical (unpaired) electrons. The van der Waals surface area contributed by atoms with Crippen LogP contribution in [0.25, 0.3) is 0 Å². The van der Waals surface area contributed by atoms with E-state index in [0.29, 0.717) is 0 Å². The summed E-state index contributed by atoms with van der Waals surface area (Å²) in [6.45, 7) is 0. The Kier molecular flexibility index (Phi) is 3.09. The third-order valence-corrected chi connectivity index (χ3v) is 0.827. The van der Waals surface area contributed by atoms with Gasteiger partial charge in [-0.2, -0.15) is 13.5 Å². The smallest absolute Gasteiger partial charge is 0.123 e. The SMILES string of the molecule is Oc1ccc(F)cc1.S. The Labute approximate surface area is 59.6 Å². The van der Waals surface area contributed by atoms with E-state index in [1.54, 1.807) is 0 Å². The Morgan fingerprint density at radius 2 is 1.56 bits per heavy atom. The van der Waals surface area contributed by atoms with Crippen molar-refractivity contribution < 1.29 is 9.50 Å². The van der Waals surface area contributed by atoms with Gasteiger partial charge in [0.2, 0.25) is 0 Å². The van der Waals surface area contributed by atoms with Gasteiger partial charge >= 0.3 is 0 Å². The Bertz CT molecular complexity index is 152. The molecule has 0 spiro atoms. The molecule has 0 aliphatic rings. The van der Waals surface area contributed by atoms with Crippen LogP contribution in [0.3, 0.4) is 0 Å². The van der Waals surface area contributed by atoms with Crippen molar-refractivity contribution in [2.45, 2.75) is 0 Å². The summed E-state index contributed by atoms with van der Waals surface area (Å²) in [7, 11) is 0. The molecular formula is C6H7FOS. The van der Waals surface area contributed by atoms with Gasteiger partial charge in [0.05, 0.1) is 0 Å². The molecule has 9 heavy (non-hydrogen) atoms. The van der Waals surface area contributed by atoms with Gasteiger partial charge in [0, 0.05) is 0 Å². The van der Waals surface area contributed by atoms with Crippen LogP contribution in [0.15, 0.2) is 24.3 Å². The van der Waals surface area contributed by atoms with Crippen molar-refractivity contribution in [2.24, 2.45) is 0 Å². The molecule has 50 valence electrons. The highest BCUT2D eigenvalue weighted by atomic mass is 32.1. The van der Waals surface area contributed by atoms with Gasteiger partial charge in [-0.05, 0) is 24.3 Å². The topological polar surface area (TPSA) is 20.2 Å². The first-order valence-corrected chi connectivity index (χ1v) is 2.23. The van der Waals surface area contributed by atoms with E-state index >= 15 is 0 Å². The lowest BCUT2D eigenvalue weighted by atomic mass is 10.3. The van der Waals surface area contributed by atoms with E-state index in [9.17, 15) is 4.39 Å². The van der Waals surface area contributed by atoms with Crippen molar-refractivity contribution in [3.05, 3.63) is 30.1 Å². The number of benzene rings is 1. The summed E-state index contributed by atoms with van der Waals surface area (Å²) in [4.78, 5) is 0. The van der Waals surface area contributed by atoms with E-state index < -0.39 is 0 Å². The van der Waals surface area contributed by atoms with E-state index in [1.165, 1.54) is 24.3 Å². The Balaban J connectivity index is 0.000000640. The van der Waals surface area contributed by atoms with Crippen LogP contribution in [0.1, 0.15) is 0 Å². The molecule has 0 amide bonds. The average Bonchev–Trinajstić information content (AvgIpc) is 1.77. The van der Waals surface area contributed by atoms with Crippen LogP contribution in [-0.2, 0) is 0 Å². The first-order valence-electron chi connectivity index (χ1n) is 2.23. The zero-order valence-corrected chi connectivity index (χ0v) is 5.63. The number of halogens is 1. The molecular weight excluding hydrogens is 139 g/mol. The van der Waals surface area contributed by atoms with Crippen molar-refractivity contribution in [1.82, 2.24) is 0 Å². The van der Waals surface area contributed by atoms with E-state index in [1.807, 2.05) is 0 Å². The molecule has 0 aromatic heterocycles. The minimum Gasteiger partial charge on any atom is -0.508 e. The summed E-state index contributed by atoms with van der Waals surface area (Å²) in [6, 6.07) is 5.01. The first-order chi connectivity index (χ1) is 3.79. The number of phenolic OH excluding ortho intramolecular Hbond substituents is 1. The zero-order chi connectivity index (χ0) is 5.98. The Morgan fingerprint density at radius 3 is 1.89 bits per heavy atom. The fraction of sp³-hybridized carbons (Fsp3) is 0. The number of aromatic hydroxyl groups is 1. The number of phenols is 1. The molecule has 1 N–H and O–H groups in total. The molecule has 0 aliphatic carbocycles. The van der Waals surface area contributed by atoms with Crippen molar-refractivity contribution >= 4 is 13.5 Å². The van der Waals surface area contributed by atoms with E-state index in [4.69, 9.17) is 5.11 Å². The standard InChI is InChI=1S/C6H5FO.H2S/c7-5-1-3-6(8)4-2-5;/h1-4,8H;1H2. The van der Waals surface area contributed by atoms with Crippen LogP contribution < -0.4 is 0 Å². The van der Waals surface area contributed by atoms with Crippen molar-refractivity contribution in [2.75, 3.05) is 0 Å². The maximum absolute atomic E-state index is 12.0. The first kappa shape index (κ1) is 8.30. The molecule has 0 unspecified atom stereocenters. The van der Waals surface area contributed by atoms with Gasteiger partial charge in [0.25, 0.3) is 0 Å². The molecule has 0 fully saturated rings. The van der Waals surface area contributed by atoms with Crippen molar-refractivity contribution in [3.63, 3.8) is 0 Å². The van der Waals surface area contributed by atoms with Gasteiger partial charge in [-0.1, -0.05) is 0 Å². The number of hydrogen-bond donors (Lipinski definition) is 1. The van der Waals surface area contributed by atoms with Gasteiger partial charge in [0.1, 0.15) is 11.6 Å². The molecule has 1 nitrogen and oxygen atoms in total. The maximum Gasteiger partial charge on any atom is 0.123 e. The summed E-state index contributed by atoms with van der Waals surface area (Å²) in [6.07, 6.45) is 0. The quantitative estimate of drug-likeness (QED) is 0.590. The molecule has 0 saturated heterocycles. The van der Waals surface area contributed by atoms with Crippen LogP contribution in [0, 0.1) is 5.82 Å². The molecule has 3 heteroatoms. The second kappa shape index (κ2) is 3.35. The Morgan fingerprint density at radius 1 is 1.11 bits per heavy atom. The summed E-state index contributed by atoms with van der Waals surface area (Å²) in [5.41, 5.74) is 0. The molecule has 0 atom stereocenters.